The molecule has 1 amide bonds. The Balaban J connectivity index is 1.31. The molecule has 1 aliphatic rings. The predicted molar refractivity (Wildman–Crippen MR) is 126 cm³/mol. The smallest absolute Gasteiger partial charge is 0.272 e. The number of fused-ring (bicyclic) bond motifs is 1. The van der Waals surface area contributed by atoms with Gasteiger partial charge in [-0.05, 0) is 61.7 Å². The number of para-hydroxylation sites is 1. The molecule has 0 atom stereocenters. The van der Waals surface area contributed by atoms with Gasteiger partial charge in [0.15, 0.2) is 0 Å². The molecule has 1 aliphatic carbocycles. The van der Waals surface area contributed by atoms with Gasteiger partial charge in [0.05, 0.1) is 17.3 Å². The normalized spacial score (nSPS) is 13.4. The summed E-state index contributed by atoms with van der Waals surface area (Å²) in [6, 6.07) is 25.1. The van der Waals surface area contributed by atoms with Crippen molar-refractivity contribution in [2.24, 2.45) is 5.10 Å². The van der Waals surface area contributed by atoms with Crippen molar-refractivity contribution in [2.75, 3.05) is 0 Å². The topological polar surface area (TPSA) is 63.6 Å². The van der Waals surface area contributed by atoms with Crippen LogP contribution in [0.25, 0.3) is 10.9 Å². The number of aryl methyl sites for hydroxylation is 1. The van der Waals surface area contributed by atoms with Crippen molar-refractivity contribution < 1.29 is 9.53 Å². The first-order valence-electron chi connectivity index (χ1n) is 10.7. The highest BCUT2D eigenvalue weighted by Crippen LogP contribution is 2.40. The molecule has 0 bridgehead atoms. The van der Waals surface area contributed by atoms with Crippen LogP contribution in [0.2, 0.25) is 0 Å². The molecule has 1 saturated carbocycles. The van der Waals surface area contributed by atoms with Gasteiger partial charge in [0, 0.05) is 17.0 Å². The Morgan fingerprint density at radius 3 is 2.62 bits per heavy atom. The molecule has 1 aromatic heterocycles. The summed E-state index contributed by atoms with van der Waals surface area (Å²) >= 11 is 0. The van der Waals surface area contributed by atoms with Crippen LogP contribution in [0.3, 0.4) is 0 Å². The minimum Gasteiger partial charge on any atom is -0.457 e. The van der Waals surface area contributed by atoms with Crippen LogP contribution in [0.1, 0.15) is 45.9 Å². The van der Waals surface area contributed by atoms with E-state index < -0.39 is 0 Å². The summed E-state index contributed by atoms with van der Waals surface area (Å²) in [6.45, 7) is 2.04. The number of nitrogens with zero attached hydrogens (tertiary/aromatic N) is 2. The van der Waals surface area contributed by atoms with Crippen molar-refractivity contribution in [3.05, 3.63) is 101 Å². The third-order valence-corrected chi connectivity index (χ3v) is 5.47. The molecule has 0 aliphatic heterocycles. The zero-order valence-electron chi connectivity index (χ0n) is 17.8. The molecule has 1 fully saturated rings. The molecule has 4 aromatic rings. The lowest BCUT2D eigenvalue weighted by Crippen LogP contribution is -2.18. The Morgan fingerprint density at radius 2 is 1.81 bits per heavy atom. The number of carbonyl (C=O) groups is 1. The molecule has 0 unspecified atom stereocenters. The standard InChI is InChI=1S/C27H23N3O2/c1-18-9-13-21(14-10-18)32-22-6-4-5-19(15-22)17-28-30-27(31)24-16-26(20-11-12-20)29-25-8-3-2-7-23(24)25/h2-10,13-17,20H,11-12H2,1H3,(H,30,31)/b28-17+. The van der Waals surface area contributed by atoms with Gasteiger partial charge in [-0.3, -0.25) is 9.78 Å². The van der Waals surface area contributed by atoms with E-state index in [9.17, 15) is 4.79 Å². The largest absolute Gasteiger partial charge is 0.457 e. The SMILES string of the molecule is Cc1ccc(Oc2cccc(/C=N/NC(=O)c3cc(C4CC4)nc4ccccc34)c2)cc1. The Kier molecular flexibility index (Phi) is 5.38. The van der Waals surface area contributed by atoms with E-state index in [0.717, 1.165) is 40.8 Å². The first kappa shape index (κ1) is 19.9. The summed E-state index contributed by atoms with van der Waals surface area (Å²) in [6.07, 6.45) is 3.88. The number of nitrogens with one attached hydrogen (secondary N) is 1. The predicted octanol–water partition coefficient (Wildman–Crippen LogP) is 5.98. The number of carbonyl (C=O) groups excluding carboxylic acids is 1. The van der Waals surface area contributed by atoms with E-state index in [1.54, 1.807) is 6.21 Å². The average Bonchev–Trinajstić information content (AvgIpc) is 3.66. The van der Waals surface area contributed by atoms with Crippen molar-refractivity contribution in [3.8, 4) is 11.5 Å². The minimum absolute atomic E-state index is 0.242. The van der Waals surface area contributed by atoms with E-state index in [1.807, 2.05) is 85.8 Å². The van der Waals surface area contributed by atoms with Gasteiger partial charge in [-0.1, -0.05) is 48.0 Å². The van der Waals surface area contributed by atoms with E-state index in [-0.39, 0.29) is 5.91 Å². The molecule has 1 heterocycles. The fraction of sp³-hybridized carbons (Fsp3) is 0.148. The van der Waals surface area contributed by atoms with Crippen LogP contribution < -0.4 is 10.2 Å². The fourth-order valence-electron chi connectivity index (χ4n) is 3.60. The lowest BCUT2D eigenvalue weighted by atomic mass is 10.1. The summed E-state index contributed by atoms with van der Waals surface area (Å²) in [4.78, 5) is 17.6. The molecule has 32 heavy (non-hydrogen) atoms. The van der Waals surface area contributed by atoms with Crippen LogP contribution >= 0.6 is 0 Å². The molecular weight excluding hydrogens is 398 g/mol. The molecule has 1 N–H and O–H groups in total. The van der Waals surface area contributed by atoms with Crippen LogP contribution in [0.4, 0.5) is 0 Å². The van der Waals surface area contributed by atoms with Crippen molar-refractivity contribution >= 4 is 23.0 Å². The molecule has 5 rings (SSSR count). The van der Waals surface area contributed by atoms with Crippen molar-refractivity contribution in [3.63, 3.8) is 0 Å². The molecule has 5 nitrogen and oxygen atoms in total. The number of benzene rings is 3. The Bertz CT molecular complexity index is 1310. The van der Waals surface area contributed by atoms with Gasteiger partial charge in [-0.15, -0.1) is 0 Å². The van der Waals surface area contributed by atoms with Gasteiger partial charge in [0.25, 0.3) is 5.91 Å². The van der Waals surface area contributed by atoms with Gasteiger partial charge in [0.2, 0.25) is 0 Å². The number of ether oxygens (including phenoxy) is 1. The van der Waals surface area contributed by atoms with Crippen molar-refractivity contribution in [2.45, 2.75) is 25.7 Å². The molecule has 0 spiro atoms. The first-order valence-corrected chi connectivity index (χ1v) is 10.7. The number of rotatable bonds is 6. The summed E-state index contributed by atoms with van der Waals surface area (Å²) in [7, 11) is 0. The van der Waals surface area contributed by atoms with Gasteiger partial charge in [-0.25, -0.2) is 5.43 Å². The quantitative estimate of drug-likeness (QED) is 0.308. The monoisotopic (exact) mass is 421 g/mol. The zero-order valence-corrected chi connectivity index (χ0v) is 17.8. The molecular formula is C27H23N3O2. The van der Waals surface area contributed by atoms with Gasteiger partial charge < -0.3 is 4.74 Å². The third-order valence-electron chi connectivity index (χ3n) is 5.47. The summed E-state index contributed by atoms with van der Waals surface area (Å²) < 4.78 is 5.90. The maximum absolute atomic E-state index is 12.9. The van der Waals surface area contributed by atoms with E-state index in [2.05, 4.69) is 10.5 Å². The second-order valence-electron chi connectivity index (χ2n) is 8.07. The highest BCUT2D eigenvalue weighted by molar-refractivity contribution is 6.06. The third kappa shape index (κ3) is 4.52. The zero-order chi connectivity index (χ0) is 21.9. The number of pyridine rings is 1. The lowest BCUT2D eigenvalue weighted by molar-refractivity contribution is 0.0956. The lowest BCUT2D eigenvalue weighted by Gasteiger charge is -2.08. The molecule has 3 aromatic carbocycles. The van der Waals surface area contributed by atoms with Gasteiger partial charge in [-0.2, -0.15) is 5.10 Å². The van der Waals surface area contributed by atoms with E-state index in [4.69, 9.17) is 9.72 Å². The maximum Gasteiger partial charge on any atom is 0.272 e. The molecule has 5 heteroatoms. The number of amides is 1. The van der Waals surface area contributed by atoms with Crippen LogP contribution in [-0.4, -0.2) is 17.1 Å². The maximum atomic E-state index is 12.9. The van der Waals surface area contributed by atoms with E-state index in [1.165, 1.54) is 5.56 Å². The van der Waals surface area contributed by atoms with Crippen LogP contribution in [-0.2, 0) is 0 Å². The molecule has 158 valence electrons. The number of hydrazone groups is 1. The highest BCUT2D eigenvalue weighted by atomic mass is 16.5. The highest BCUT2D eigenvalue weighted by Gasteiger charge is 2.26. The van der Waals surface area contributed by atoms with Crippen LogP contribution in [0, 0.1) is 6.92 Å². The van der Waals surface area contributed by atoms with Gasteiger partial charge in [0.1, 0.15) is 11.5 Å². The minimum atomic E-state index is -0.242. The van der Waals surface area contributed by atoms with E-state index in [0.29, 0.717) is 17.2 Å². The number of aromatic nitrogens is 1. The van der Waals surface area contributed by atoms with Crippen molar-refractivity contribution in [1.29, 1.82) is 0 Å². The van der Waals surface area contributed by atoms with Gasteiger partial charge >= 0.3 is 0 Å². The van der Waals surface area contributed by atoms with E-state index >= 15 is 0 Å². The Hall–Kier alpha value is -3.99. The Morgan fingerprint density at radius 1 is 1.00 bits per heavy atom. The molecule has 0 saturated heterocycles. The first-order chi connectivity index (χ1) is 15.7. The average molecular weight is 422 g/mol. The second-order valence-corrected chi connectivity index (χ2v) is 8.07. The number of hydrogen-bond donors (Lipinski definition) is 1. The number of hydrogen-bond acceptors (Lipinski definition) is 4. The fourth-order valence-corrected chi connectivity index (χ4v) is 3.60. The Labute approximate surface area is 186 Å². The van der Waals surface area contributed by atoms with Crippen molar-refractivity contribution in [1.82, 2.24) is 10.4 Å². The van der Waals surface area contributed by atoms with Crippen LogP contribution in [0.15, 0.2) is 84.0 Å². The van der Waals surface area contributed by atoms with Crippen LogP contribution in [0.5, 0.6) is 11.5 Å². The summed E-state index contributed by atoms with van der Waals surface area (Å²) in [5.41, 5.74) is 7.10. The summed E-state index contributed by atoms with van der Waals surface area (Å²) in [5, 5.41) is 5.01. The second kappa shape index (κ2) is 8.63. The summed E-state index contributed by atoms with van der Waals surface area (Å²) in [5.74, 6) is 1.70. The molecule has 0 radical (unpaired) electrons.